The van der Waals surface area contributed by atoms with E-state index < -0.39 is 18.5 Å². The summed E-state index contributed by atoms with van der Waals surface area (Å²) >= 11 is 0. The smallest absolute Gasteiger partial charge is 0.338 e. The molecular formula is C19H16N4O3. The number of rotatable bonds is 4. The third-order valence-corrected chi connectivity index (χ3v) is 4.25. The second-order valence-corrected chi connectivity index (χ2v) is 6.05. The van der Waals surface area contributed by atoms with Gasteiger partial charge in [-0.1, -0.05) is 0 Å². The number of carbonyl (C=O) groups excluding carboxylic acids is 2. The van der Waals surface area contributed by atoms with Crippen molar-refractivity contribution >= 4 is 33.8 Å². The van der Waals surface area contributed by atoms with Crippen molar-refractivity contribution in [2.45, 2.75) is 0 Å². The lowest BCUT2D eigenvalue weighted by Gasteiger charge is -2.04. The zero-order chi connectivity index (χ0) is 18.3. The van der Waals surface area contributed by atoms with Crippen LogP contribution in [-0.4, -0.2) is 33.0 Å². The number of amides is 1. The van der Waals surface area contributed by atoms with Gasteiger partial charge in [-0.2, -0.15) is 0 Å². The number of nitrogens with zero attached hydrogens (tertiary/aromatic N) is 2. The number of H-pyrrole nitrogens is 1. The molecule has 0 fully saturated rings. The van der Waals surface area contributed by atoms with Gasteiger partial charge in [0.2, 0.25) is 0 Å². The molecule has 4 aromatic rings. The third-order valence-electron chi connectivity index (χ3n) is 4.25. The Kier molecular flexibility index (Phi) is 3.69. The third kappa shape index (κ3) is 2.69. The molecule has 130 valence electrons. The van der Waals surface area contributed by atoms with Crippen molar-refractivity contribution in [1.29, 1.82) is 0 Å². The average molecular weight is 348 g/mol. The average Bonchev–Trinajstić information content (AvgIpc) is 3.20. The summed E-state index contributed by atoms with van der Waals surface area (Å²) in [6.07, 6.45) is 3.73. The van der Waals surface area contributed by atoms with Crippen LogP contribution in [0.15, 0.2) is 48.8 Å². The lowest BCUT2D eigenvalue weighted by Crippen LogP contribution is -2.20. The normalized spacial score (nSPS) is 11.1. The molecule has 0 saturated carbocycles. The van der Waals surface area contributed by atoms with Gasteiger partial charge in [-0.3, -0.25) is 4.79 Å². The van der Waals surface area contributed by atoms with Gasteiger partial charge < -0.3 is 20.0 Å². The first-order valence-corrected chi connectivity index (χ1v) is 8.01. The molecule has 4 rings (SSSR count). The van der Waals surface area contributed by atoms with Crippen LogP contribution < -0.4 is 5.73 Å². The lowest BCUT2D eigenvalue weighted by molar-refractivity contribution is -0.121. The zero-order valence-electron chi connectivity index (χ0n) is 14.0. The zero-order valence-corrected chi connectivity index (χ0v) is 14.0. The highest BCUT2D eigenvalue weighted by Gasteiger charge is 2.15. The molecule has 0 spiro atoms. The topological polar surface area (TPSA) is 103 Å². The second-order valence-electron chi connectivity index (χ2n) is 6.05. The number of benzene rings is 1. The molecule has 3 aromatic heterocycles. The van der Waals surface area contributed by atoms with E-state index in [1.807, 2.05) is 42.1 Å². The van der Waals surface area contributed by atoms with Gasteiger partial charge in [0.1, 0.15) is 5.65 Å². The van der Waals surface area contributed by atoms with Gasteiger partial charge in [0.25, 0.3) is 5.91 Å². The number of aromatic amines is 1. The first-order valence-electron chi connectivity index (χ1n) is 8.01. The van der Waals surface area contributed by atoms with Crippen LogP contribution in [0, 0.1) is 0 Å². The quantitative estimate of drug-likeness (QED) is 0.553. The molecule has 1 aromatic carbocycles. The minimum absolute atomic E-state index is 0.362. The number of primary amides is 1. The van der Waals surface area contributed by atoms with Crippen LogP contribution in [0.5, 0.6) is 0 Å². The SMILES string of the molecule is Cn1cc(-c2cc3cccnc3[nH]2)c2cc(C(=O)OCC(N)=O)ccc21. The molecule has 1 amide bonds. The first kappa shape index (κ1) is 15.9. The van der Waals surface area contributed by atoms with Crippen LogP contribution in [0.2, 0.25) is 0 Å². The molecule has 0 saturated heterocycles. The molecule has 0 radical (unpaired) electrons. The number of carbonyl (C=O) groups is 2. The van der Waals surface area contributed by atoms with Crippen molar-refractivity contribution in [3.05, 3.63) is 54.4 Å². The fourth-order valence-electron chi connectivity index (χ4n) is 3.06. The Bertz CT molecular complexity index is 1120. The summed E-state index contributed by atoms with van der Waals surface area (Å²) in [6.45, 7) is -0.438. The predicted octanol–water partition coefficient (Wildman–Crippen LogP) is 2.36. The number of esters is 1. The molecule has 7 nitrogen and oxygen atoms in total. The van der Waals surface area contributed by atoms with E-state index in [1.54, 1.807) is 18.3 Å². The summed E-state index contributed by atoms with van der Waals surface area (Å²) in [6, 6.07) is 11.2. The van der Waals surface area contributed by atoms with Crippen LogP contribution in [0.25, 0.3) is 33.2 Å². The van der Waals surface area contributed by atoms with Crippen LogP contribution in [0.4, 0.5) is 0 Å². The van der Waals surface area contributed by atoms with Crippen LogP contribution >= 0.6 is 0 Å². The molecule has 0 aliphatic rings. The molecule has 3 heterocycles. The lowest BCUT2D eigenvalue weighted by atomic mass is 10.1. The van der Waals surface area contributed by atoms with Crippen molar-refractivity contribution < 1.29 is 14.3 Å². The highest BCUT2D eigenvalue weighted by molar-refractivity contribution is 6.02. The molecule has 26 heavy (non-hydrogen) atoms. The summed E-state index contributed by atoms with van der Waals surface area (Å²) in [5.41, 5.74) is 9.01. The van der Waals surface area contributed by atoms with Crippen molar-refractivity contribution in [3.8, 4) is 11.3 Å². The van der Waals surface area contributed by atoms with Gasteiger partial charge in [0, 0.05) is 47.0 Å². The van der Waals surface area contributed by atoms with Crippen molar-refractivity contribution in [2.75, 3.05) is 6.61 Å². The second kappa shape index (κ2) is 6.03. The maximum Gasteiger partial charge on any atom is 0.338 e. The fourth-order valence-corrected chi connectivity index (χ4v) is 3.06. The summed E-state index contributed by atoms with van der Waals surface area (Å²) in [5.74, 6) is -1.27. The predicted molar refractivity (Wildman–Crippen MR) is 97.5 cm³/mol. The summed E-state index contributed by atoms with van der Waals surface area (Å²) in [4.78, 5) is 30.6. The van der Waals surface area contributed by atoms with E-state index in [-0.39, 0.29) is 0 Å². The van der Waals surface area contributed by atoms with E-state index in [2.05, 4.69) is 9.97 Å². The molecule has 0 aliphatic heterocycles. The number of nitrogens with one attached hydrogen (secondary N) is 1. The van der Waals surface area contributed by atoms with E-state index in [9.17, 15) is 9.59 Å². The molecule has 3 N–H and O–H groups in total. The van der Waals surface area contributed by atoms with Crippen LogP contribution in [-0.2, 0) is 16.6 Å². The van der Waals surface area contributed by atoms with Crippen LogP contribution in [0.3, 0.4) is 0 Å². The highest BCUT2D eigenvalue weighted by Crippen LogP contribution is 2.32. The number of ether oxygens (including phenoxy) is 1. The Balaban J connectivity index is 1.80. The number of aromatic nitrogens is 3. The Labute approximate surface area is 148 Å². The Morgan fingerprint density at radius 2 is 2.12 bits per heavy atom. The van der Waals surface area contributed by atoms with E-state index in [0.717, 1.165) is 33.2 Å². The number of fused-ring (bicyclic) bond motifs is 2. The molecule has 0 aliphatic carbocycles. The van der Waals surface area contributed by atoms with Gasteiger partial charge >= 0.3 is 5.97 Å². The molecule has 0 bridgehead atoms. The van der Waals surface area contributed by atoms with Gasteiger partial charge in [0.15, 0.2) is 6.61 Å². The standard InChI is InChI=1S/C19H16N4O3/c1-23-9-14(15-8-11-3-2-6-21-18(11)22-15)13-7-12(4-5-16(13)23)19(25)26-10-17(20)24/h2-9H,10H2,1H3,(H2,20,24)(H,21,22). The number of aryl methyl sites for hydroxylation is 1. The summed E-state index contributed by atoms with van der Waals surface area (Å²) < 4.78 is 6.89. The van der Waals surface area contributed by atoms with Crippen molar-refractivity contribution in [3.63, 3.8) is 0 Å². The number of hydrogen-bond donors (Lipinski definition) is 2. The molecular weight excluding hydrogens is 332 g/mol. The van der Waals surface area contributed by atoms with Crippen molar-refractivity contribution in [1.82, 2.24) is 14.5 Å². The molecule has 7 heteroatoms. The van der Waals surface area contributed by atoms with E-state index >= 15 is 0 Å². The summed E-state index contributed by atoms with van der Waals surface area (Å²) in [5, 5.41) is 1.91. The highest BCUT2D eigenvalue weighted by atomic mass is 16.5. The molecule has 0 atom stereocenters. The number of pyridine rings is 1. The molecule has 0 unspecified atom stereocenters. The largest absolute Gasteiger partial charge is 0.452 e. The first-order chi connectivity index (χ1) is 12.5. The van der Waals surface area contributed by atoms with Gasteiger partial charge in [-0.25, -0.2) is 9.78 Å². The van der Waals surface area contributed by atoms with E-state index in [1.165, 1.54) is 0 Å². The van der Waals surface area contributed by atoms with Gasteiger partial charge in [0.05, 0.1) is 5.56 Å². The minimum atomic E-state index is -0.689. The van der Waals surface area contributed by atoms with Gasteiger partial charge in [-0.05, 0) is 36.4 Å². The monoisotopic (exact) mass is 348 g/mol. The Hall–Kier alpha value is -3.61. The number of nitrogens with two attached hydrogens (primary N) is 1. The van der Waals surface area contributed by atoms with Crippen LogP contribution in [0.1, 0.15) is 10.4 Å². The maximum absolute atomic E-state index is 12.1. The van der Waals surface area contributed by atoms with Crippen molar-refractivity contribution in [2.24, 2.45) is 12.8 Å². The fraction of sp³-hybridized carbons (Fsp3) is 0.105. The summed E-state index contributed by atoms with van der Waals surface area (Å²) in [7, 11) is 1.94. The minimum Gasteiger partial charge on any atom is -0.452 e. The van der Waals surface area contributed by atoms with E-state index in [0.29, 0.717) is 5.56 Å². The Morgan fingerprint density at radius 3 is 2.88 bits per heavy atom. The van der Waals surface area contributed by atoms with E-state index in [4.69, 9.17) is 10.5 Å². The Morgan fingerprint density at radius 1 is 1.27 bits per heavy atom. The number of hydrogen-bond acceptors (Lipinski definition) is 4. The maximum atomic E-state index is 12.1. The van der Waals surface area contributed by atoms with Gasteiger partial charge in [-0.15, -0.1) is 0 Å².